The average Bonchev–Trinajstić information content (AvgIpc) is 3.12. The fourth-order valence-corrected chi connectivity index (χ4v) is 3.79. The highest BCUT2D eigenvalue weighted by molar-refractivity contribution is 6.35. The highest BCUT2D eigenvalue weighted by Gasteiger charge is 2.24. The van der Waals surface area contributed by atoms with Gasteiger partial charge in [-0.1, -0.05) is 57.2 Å². The van der Waals surface area contributed by atoms with E-state index in [4.69, 9.17) is 21.3 Å². The average molecular weight is 444 g/mol. The van der Waals surface area contributed by atoms with E-state index in [0.717, 1.165) is 29.8 Å². The molecule has 0 saturated heterocycles. The Balaban J connectivity index is 2.48. The lowest BCUT2D eigenvalue weighted by Crippen LogP contribution is -2.34. The Bertz CT molecular complexity index is 972. The molecule has 0 aliphatic heterocycles. The number of ether oxygens (including phenoxy) is 1. The monoisotopic (exact) mass is 443 g/mol. The highest BCUT2D eigenvalue weighted by Crippen LogP contribution is 2.25. The molecule has 1 amide bonds. The lowest BCUT2D eigenvalue weighted by atomic mass is 10.1. The lowest BCUT2D eigenvalue weighted by Gasteiger charge is -2.25. The van der Waals surface area contributed by atoms with Crippen LogP contribution in [0.5, 0.6) is 0 Å². The molecule has 0 N–H and O–H groups in total. The number of hydrogen-bond donors (Lipinski definition) is 0. The number of para-hydroxylation sites is 2. The molecule has 5 nitrogen and oxygen atoms in total. The van der Waals surface area contributed by atoms with Gasteiger partial charge in [-0.25, -0.2) is 4.98 Å². The molecular weight excluding hydrogens is 410 g/mol. The molecule has 1 aromatic heterocycles. The first-order chi connectivity index (χ1) is 14.9. The van der Waals surface area contributed by atoms with Crippen molar-refractivity contribution in [3.8, 4) is 0 Å². The number of imidazole rings is 1. The van der Waals surface area contributed by atoms with Crippen LogP contribution in [-0.2, 0) is 22.6 Å². The summed E-state index contributed by atoms with van der Waals surface area (Å²) in [6, 6.07) is 8.06. The van der Waals surface area contributed by atoms with Crippen LogP contribution in [0.3, 0.4) is 0 Å². The molecule has 0 aliphatic carbocycles. The Morgan fingerprint density at radius 1 is 1.32 bits per heavy atom. The minimum atomic E-state index is -0.126. The van der Waals surface area contributed by atoms with E-state index in [0.29, 0.717) is 36.8 Å². The standard InChI is InChI=1S/C25H34ClN3O2/c1-7-12-19(24(26)22(8-2)31-6)25(30)28(16-15-18(4)5)17-23-27-20-13-10-11-14-21(20)29(23)9-3/h8,10-14,18H,2,7,9,15-17H2,1,3-6H3/b19-12+,24-22-. The van der Waals surface area contributed by atoms with Gasteiger partial charge in [0.2, 0.25) is 0 Å². The minimum Gasteiger partial charge on any atom is -0.495 e. The number of allylic oxidation sites excluding steroid dienone is 2. The maximum absolute atomic E-state index is 13.7. The molecule has 1 aromatic carbocycles. The van der Waals surface area contributed by atoms with Gasteiger partial charge in [0.05, 0.1) is 35.3 Å². The summed E-state index contributed by atoms with van der Waals surface area (Å²) in [4.78, 5) is 20.3. The Hall–Kier alpha value is -2.53. The molecule has 2 aromatic rings. The van der Waals surface area contributed by atoms with Crippen molar-refractivity contribution in [1.82, 2.24) is 14.5 Å². The zero-order chi connectivity index (χ0) is 23.0. The van der Waals surface area contributed by atoms with Crippen LogP contribution in [0.15, 0.2) is 59.4 Å². The second-order valence-corrected chi connectivity index (χ2v) is 8.16. The first-order valence-electron chi connectivity index (χ1n) is 10.9. The van der Waals surface area contributed by atoms with E-state index in [1.54, 1.807) is 0 Å². The van der Waals surface area contributed by atoms with Crippen LogP contribution >= 0.6 is 11.6 Å². The molecule has 0 unspecified atom stereocenters. The van der Waals surface area contributed by atoms with E-state index in [9.17, 15) is 4.79 Å². The van der Waals surface area contributed by atoms with Crippen LogP contribution < -0.4 is 0 Å². The first kappa shape index (κ1) is 24.7. The van der Waals surface area contributed by atoms with Gasteiger partial charge in [-0.3, -0.25) is 4.79 Å². The third-order valence-corrected chi connectivity index (χ3v) is 5.53. The summed E-state index contributed by atoms with van der Waals surface area (Å²) in [6.07, 6.45) is 4.93. The smallest absolute Gasteiger partial charge is 0.255 e. The first-order valence-corrected chi connectivity index (χ1v) is 11.3. The van der Waals surface area contributed by atoms with Crippen molar-refractivity contribution >= 4 is 28.5 Å². The third kappa shape index (κ3) is 6.01. The summed E-state index contributed by atoms with van der Waals surface area (Å²) in [6.45, 7) is 13.9. The number of aromatic nitrogens is 2. The summed E-state index contributed by atoms with van der Waals surface area (Å²) in [7, 11) is 1.52. The number of carbonyl (C=O) groups excluding carboxylic acids is 1. The van der Waals surface area contributed by atoms with Gasteiger partial charge in [-0.15, -0.1) is 0 Å². The van der Waals surface area contributed by atoms with Gasteiger partial charge in [0, 0.05) is 13.1 Å². The largest absolute Gasteiger partial charge is 0.495 e. The van der Waals surface area contributed by atoms with Crippen LogP contribution in [0.2, 0.25) is 0 Å². The molecule has 0 fully saturated rings. The number of benzene rings is 1. The summed E-state index contributed by atoms with van der Waals surface area (Å²) < 4.78 is 7.48. The van der Waals surface area contributed by atoms with Crippen LogP contribution in [0.1, 0.15) is 46.4 Å². The SMILES string of the molecule is C=C/C(OC)=C(Cl)\C(=C/CC)C(=O)N(CCC(C)C)Cc1nc2ccccc2n1CC. The molecule has 31 heavy (non-hydrogen) atoms. The summed E-state index contributed by atoms with van der Waals surface area (Å²) in [5.74, 6) is 1.60. The van der Waals surface area contributed by atoms with Crippen LogP contribution in [0.25, 0.3) is 11.0 Å². The molecule has 1 heterocycles. The number of halogens is 1. The van der Waals surface area contributed by atoms with Gasteiger partial charge >= 0.3 is 0 Å². The number of methoxy groups -OCH3 is 1. The molecule has 0 saturated carbocycles. The second-order valence-electron chi connectivity index (χ2n) is 7.78. The number of hydrogen-bond acceptors (Lipinski definition) is 3. The number of carbonyl (C=O) groups is 1. The van der Waals surface area contributed by atoms with E-state index in [1.807, 2.05) is 36.1 Å². The number of rotatable bonds is 11. The molecule has 0 atom stereocenters. The molecule has 0 bridgehead atoms. The number of amides is 1. The zero-order valence-electron chi connectivity index (χ0n) is 19.3. The Kier molecular flexibility index (Phi) is 9.38. The summed E-state index contributed by atoms with van der Waals surface area (Å²) >= 11 is 6.57. The van der Waals surface area contributed by atoms with Gasteiger partial charge < -0.3 is 14.2 Å². The molecular formula is C25H34ClN3O2. The Labute approximate surface area is 191 Å². The Morgan fingerprint density at radius 3 is 2.61 bits per heavy atom. The van der Waals surface area contributed by atoms with Crippen LogP contribution in [-0.4, -0.2) is 34.0 Å². The normalized spacial score (nSPS) is 12.8. The predicted octanol–water partition coefficient (Wildman–Crippen LogP) is 6.05. The lowest BCUT2D eigenvalue weighted by molar-refractivity contribution is -0.127. The van der Waals surface area contributed by atoms with Crippen molar-refractivity contribution in [3.63, 3.8) is 0 Å². The fourth-order valence-electron chi connectivity index (χ4n) is 3.48. The van der Waals surface area contributed by atoms with Gasteiger partial charge in [0.25, 0.3) is 5.91 Å². The zero-order valence-corrected chi connectivity index (χ0v) is 20.1. The minimum absolute atomic E-state index is 0.126. The van der Waals surface area contributed by atoms with Crippen molar-refractivity contribution in [3.05, 3.63) is 65.2 Å². The Morgan fingerprint density at radius 2 is 2.03 bits per heavy atom. The van der Waals surface area contributed by atoms with Crippen LogP contribution in [0.4, 0.5) is 0 Å². The van der Waals surface area contributed by atoms with Crippen molar-refractivity contribution in [2.45, 2.75) is 53.6 Å². The number of fused-ring (bicyclic) bond motifs is 1. The molecule has 168 valence electrons. The van der Waals surface area contributed by atoms with Crippen molar-refractivity contribution < 1.29 is 9.53 Å². The highest BCUT2D eigenvalue weighted by atomic mass is 35.5. The topological polar surface area (TPSA) is 47.4 Å². The quantitative estimate of drug-likeness (QED) is 0.241. The maximum Gasteiger partial charge on any atom is 0.255 e. The predicted molar refractivity (Wildman–Crippen MR) is 129 cm³/mol. The van der Waals surface area contributed by atoms with Crippen molar-refractivity contribution in [1.29, 1.82) is 0 Å². The number of nitrogens with zero attached hydrogens (tertiary/aromatic N) is 3. The van der Waals surface area contributed by atoms with Gasteiger partial charge in [-0.2, -0.15) is 0 Å². The molecule has 6 heteroatoms. The number of aryl methyl sites for hydroxylation is 1. The van der Waals surface area contributed by atoms with E-state index < -0.39 is 0 Å². The molecule has 0 spiro atoms. The third-order valence-electron chi connectivity index (χ3n) is 5.14. The second kappa shape index (κ2) is 11.8. The van der Waals surface area contributed by atoms with Gasteiger partial charge in [-0.05, 0) is 43.9 Å². The van der Waals surface area contributed by atoms with Gasteiger partial charge in [0.1, 0.15) is 11.6 Å². The van der Waals surface area contributed by atoms with E-state index in [-0.39, 0.29) is 10.9 Å². The van der Waals surface area contributed by atoms with E-state index in [2.05, 4.69) is 38.0 Å². The summed E-state index contributed by atoms with van der Waals surface area (Å²) in [5.41, 5.74) is 2.45. The fraction of sp³-hybridized carbons (Fsp3) is 0.440. The van der Waals surface area contributed by atoms with E-state index in [1.165, 1.54) is 13.2 Å². The van der Waals surface area contributed by atoms with Crippen molar-refractivity contribution in [2.75, 3.05) is 13.7 Å². The summed E-state index contributed by atoms with van der Waals surface area (Å²) in [5, 5.41) is 0.280. The maximum atomic E-state index is 13.7. The van der Waals surface area contributed by atoms with Gasteiger partial charge in [0.15, 0.2) is 0 Å². The van der Waals surface area contributed by atoms with Crippen LogP contribution in [0, 0.1) is 5.92 Å². The molecule has 0 radical (unpaired) electrons. The van der Waals surface area contributed by atoms with E-state index >= 15 is 0 Å². The molecule has 2 rings (SSSR count). The molecule has 0 aliphatic rings. The van der Waals surface area contributed by atoms with Crippen molar-refractivity contribution in [2.24, 2.45) is 5.92 Å².